The van der Waals surface area contributed by atoms with Gasteiger partial charge in [-0.3, -0.25) is 0 Å². The van der Waals surface area contributed by atoms with E-state index in [4.69, 9.17) is 0 Å². The van der Waals surface area contributed by atoms with Crippen LogP contribution in [-0.2, 0) is 0 Å². The third-order valence-electron chi connectivity index (χ3n) is 9.44. The fourth-order valence-corrected chi connectivity index (χ4v) is 7.26. The zero-order chi connectivity index (χ0) is 30.5. The highest BCUT2D eigenvalue weighted by molar-refractivity contribution is 6.21. The summed E-state index contributed by atoms with van der Waals surface area (Å²) in [6, 6.07) is 66.5. The SMILES string of the molecule is c1ccc(-c2ccc(-c3c4ccccc4c(-c4cccc(-c5ccc6c(ccc7ccccc76)c5)c4)c4ccccc34)cc2)cc1. The molecule has 0 bridgehead atoms. The van der Waals surface area contributed by atoms with Crippen molar-refractivity contribution in [2.45, 2.75) is 0 Å². The van der Waals surface area contributed by atoms with E-state index in [0.717, 1.165) is 0 Å². The Kier molecular flexibility index (Phi) is 6.25. The first-order valence-electron chi connectivity index (χ1n) is 15.9. The molecule has 0 N–H and O–H groups in total. The van der Waals surface area contributed by atoms with Crippen molar-refractivity contribution in [1.82, 2.24) is 0 Å². The van der Waals surface area contributed by atoms with Crippen LogP contribution in [0.3, 0.4) is 0 Å². The molecule has 214 valence electrons. The van der Waals surface area contributed by atoms with Crippen molar-refractivity contribution < 1.29 is 0 Å². The summed E-state index contributed by atoms with van der Waals surface area (Å²) in [6.45, 7) is 0. The van der Waals surface area contributed by atoms with Gasteiger partial charge in [-0.05, 0) is 99.7 Å². The topological polar surface area (TPSA) is 0 Å². The Morgan fingerprint density at radius 1 is 0.196 bits per heavy atom. The molecular formula is C46H30. The Bertz CT molecular complexity index is 2500. The number of benzene rings is 9. The van der Waals surface area contributed by atoms with Gasteiger partial charge in [-0.25, -0.2) is 0 Å². The van der Waals surface area contributed by atoms with Crippen molar-refractivity contribution in [3.8, 4) is 44.5 Å². The second-order valence-corrected chi connectivity index (χ2v) is 12.1. The van der Waals surface area contributed by atoms with Gasteiger partial charge in [-0.15, -0.1) is 0 Å². The average Bonchev–Trinajstić information content (AvgIpc) is 3.14. The van der Waals surface area contributed by atoms with Crippen LogP contribution in [0, 0.1) is 0 Å². The standard InChI is InChI=1S/C46H30/c1-2-11-31(12-3-1)32-21-24-34(25-22-32)45-41-17-6-8-19-43(41)46(44-20-9-7-18-42(44)45)38-15-10-14-35(30-38)36-27-28-40-37(29-36)26-23-33-13-4-5-16-39(33)40/h1-30H. The Morgan fingerprint density at radius 3 is 1.33 bits per heavy atom. The lowest BCUT2D eigenvalue weighted by atomic mass is 9.85. The number of fused-ring (bicyclic) bond motifs is 5. The zero-order valence-corrected chi connectivity index (χ0v) is 25.3. The van der Waals surface area contributed by atoms with E-state index in [1.807, 2.05) is 0 Å². The molecule has 0 aliphatic heterocycles. The molecule has 0 radical (unpaired) electrons. The van der Waals surface area contributed by atoms with Gasteiger partial charge in [0.15, 0.2) is 0 Å². The summed E-state index contributed by atoms with van der Waals surface area (Å²) in [5.74, 6) is 0. The number of hydrogen-bond acceptors (Lipinski definition) is 0. The Balaban J connectivity index is 1.21. The smallest absolute Gasteiger partial charge is 0.00262 e. The van der Waals surface area contributed by atoms with Crippen LogP contribution in [0.15, 0.2) is 182 Å². The van der Waals surface area contributed by atoms with Crippen molar-refractivity contribution in [1.29, 1.82) is 0 Å². The quantitative estimate of drug-likeness (QED) is 0.143. The van der Waals surface area contributed by atoms with Crippen molar-refractivity contribution in [2.75, 3.05) is 0 Å². The molecule has 46 heavy (non-hydrogen) atoms. The van der Waals surface area contributed by atoms with Crippen molar-refractivity contribution in [3.63, 3.8) is 0 Å². The van der Waals surface area contributed by atoms with Crippen molar-refractivity contribution in [3.05, 3.63) is 182 Å². The zero-order valence-electron chi connectivity index (χ0n) is 25.3. The molecule has 0 unspecified atom stereocenters. The highest BCUT2D eigenvalue weighted by atomic mass is 14.2. The summed E-state index contributed by atoms with van der Waals surface area (Å²) in [7, 11) is 0. The molecule has 0 heterocycles. The summed E-state index contributed by atoms with van der Waals surface area (Å²) in [5.41, 5.74) is 9.95. The number of rotatable bonds is 4. The van der Waals surface area contributed by atoms with E-state index < -0.39 is 0 Å². The molecule has 0 fully saturated rings. The average molecular weight is 583 g/mol. The maximum atomic E-state index is 2.37. The normalized spacial score (nSPS) is 11.5. The monoisotopic (exact) mass is 582 g/mol. The third kappa shape index (κ3) is 4.38. The van der Waals surface area contributed by atoms with E-state index in [1.54, 1.807) is 0 Å². The summed E-state index contributed by atoms with van der Waals surface area (Å²) < 4.78 is 0. The van der Waals surface area contributed by atoms with Crippen molar-refractivity contribution in [2.24, 2.45) is 0 Å². The minimum atomic E-state index is 1.22. The molecule has 0 heteroatoms. The molecule has 0 nitrogen and oxygen atoms in total. The predicted octanol–water partition coefficient (Wildman–Crippen LogP) is 13.0. The predicted molar refractivity (Wildman–Crippen MR) is 198 cm³/mol. The summed E-state index contributed by atoms with van der Waals surface area (Å²) >= 11 is 0. The maximum Gasteiger partial charge on any atom is -0.00262 e. The second kappa shape index (κ2) is 10.9. The fourth-order valence-electron chi connectivity index (χ4n) is 7.26. The van der Waals surface area contributed by atoms with E-state index in [0.29, 0.717) is 0 Å². The van der Waals surface area contributed by atoms with E-state index in [2.05, 4.69) is 182 Å². The van der Waals surface area contributed by atoms with Gasteiger partial charge < -0.3 is 0 Å². The van der Waals surface area contributed by atoms with E-state index in [-0.39, 0.29) is 0 Å². The molecule has 0 spiro atoms. The largest absolute Gasteiger partial charge is 0.0622 e. The second-order valence-electron chi connectivity index (χ2n) is 12.1. The van der Waals surface area contributed by atoms with Crippen molar-refractivity contribution >= 4 is 43.1 Å². The van der Waals surface area contributed by atoms with Crippen LogP contribution < -0.4 is 0 Å². The van der Waals surface area contributed by atoms with Crippen LogP contribution in [0.1, 0.15) is 0 Å². The Morgan fingerprint density at radius 2 is 0.630 bits per heavy atom. The highest BCUT2D eigenvalue weighted by Gasteiger charge is 2.17. The minimum absolute atomic E-state index is 1.22. The molecule has 0 saturated heterocycles. The first-order valence-corrected chi connectivity index (χ1v) is 15.9. The lowest BCUT2D eigenvalue weighted by molar-refractivity contribution is 1.61. The Hall–Kier alpha value is -5.98. The van der Waals surface area contributed by atoms with Gasteiger partial charge in [0.2, 0.25) is 0 Å². The molecule has 0 aromatic heterocycles. The van der Waals surface area contributed by atoms with Crippen LogP contribution in [0.2, 0.25) is 0 Å². The summed E-state index contributed by atoms with van der Waals surface area (Å²) in [4.78, 5) is 0. The summed E-state index contributed by atoms with van der Waals surface area (Å²) in [6.07, 6.45) is 0. The first kappa shape index (κ1) is 26.4. The number of hydrogen-bond donors (Lipinski definition) is 0. The Labute approximate surface area is 268 Å². The molecule has 0 amide bonds. The van der Waals surface area contributed by atoms with Gasteiger partial charge in [0.05, 0.1) is 0 Å². The van der Waals surface area contributed by atoms with Crippen LogP contribution >= 0.6 is 0 Å². The van der Waals surface area contributed by atoms with Gasteiger partial charge in [0, 0.05) is 0 Å². The molecule has 9 rings (SSSR count). The molecule has 9 aromatic rings. The van der Waals surface area contributed by atoms with E-state index in [9.17, 15) is 0 Å². The molecule has 0 saturated carbocycles. The van der Waals surface area contributed by atoms with Gasteiger partial charge in [-0.2, -0.15) is 0 Å². The minimum Gasteiger partial charge on any atom is -0.0622 e. The van der Waals surface area contributed by atoms with Crippen LogP contribution in [0.5, 0.6) is 0 Å². The van der Waals surface area contributed by atoms with E-state index in [1.165, 1.54) is 87.6 Å². The molecule has 0 atom stereocenters. The van der Waals surface area contributed by atoms with Gasteiger partial charge in [0.1, 0.15) is 0 Å². The maximum absolute atomic E-state index is 2.37. The highest BCUT2D eigenvalue weighted by Crippen LogP contribution is 2.44. The fraction of sp³-hybridized carbons (Fsp3) is 0. The lowest BCUT2D eigenvalue weighted by Crippen LogP contribution is -1.91. The van der Waals surface area contributed by atoms with Crippen LogP contribution in [0.25, 0.3) is 87.6 Å². The lowest BCUT2D eigenvalue weighted by Gasteiger charge is -2.18. The van der Waals surface area contributed by atoms with E-state index >= 15 is 0 Å². The van der Waals surface area contributed by atoms with Gasteiger partial charge in [-0.1, -0.05) is 170 Å². The van der Waals surface area contributed by atoms with Gasteiger partial charge in [0.25, 0.3) is 0 Å². The molecule has 9 aromatic carbocycles. The molecule has 0 aliphatic rings. The molecule has 0 aliphatic carbocycles. The first-order chi connectivity index (χ1) is 22.8. The summed E-state index contributed by atoms with van der Waals surface area (Å²) in [5, 5.41) is 10.2. The third-order valence-corrected chi connectivity index (χ3v) is 9.44. The van der Waals surface area contributed by atoms with Gasteiger partial charge >= 0.3 is 0 Å². The van der Waals surface area contributed by atoms with Crippen LogP contribution in [-0.4, -0.2) is 0 Å². The molecular weight excluding hydrogens is 553 g/mol. The van der Waals surface area contributed by atoms with Crippen LogP contribution in [0.4, 0.5) is 0 Å².